The number of nitrogens with two attached hydrogens (primary N) is 1. The Bertz CT molecular complexity index is 454. The first-order valence-electron chi connectivity index (χ1n) is 5.92. The van der Waals surface area contributed by atoms with Crippen molar-refractivity contribution in [1.82, 2.24) is 9.97 Å². The van der Waals surface area contributed by atoms with E-state index in [1.165, 1.54) is 6.33 Å². The predicted molar refractivity (Wildman–Crippen MR) is 65.8 cm³/mol. The van der Waals surface area contributed by atoms with Crippen molar-refractivity contribution in [3.8, 4) is 0 Å². The van der Waals surface area contributed by atoms with Crippen LogP contribution < -0.4 is 5.73 Å². The number of ketones is 1. The van der Waals surface area contributed by atoms with Gasteiger partial charge in [0.1, 0.15) is 6.04 Å². The number of ether oxygens (including phenoxy) is 1. The van der Waals surface area contributed by atoms with Crippen LogP contribution >= 0.6 is 0 Å². The summed E-state index contributed by atoms with van der Waals surface area (Å²) in [6.45, 7) is 3.58. The standard InChI is InChI=1S/C12H17N3O4/c1-7(2)3-10(16)12(18)19-11(17)9(13)4-8-5-14-6-15-8/h5-7,9H,3-4,13H2,1-2H3,(H,14,15)/t9-/m0/s1. The van der Waals surface area contributed by atoms with Gasteiger partial charge in [0.25, 0.3) is 0 Å². The maximum atomic E-state index is 11.5. The molecule has 0 radical (unpaired) electrons. The molecule has 1 aromatic heterocycles. The van der Waals surface area contributed by atoms with E-state index in [9.17, 15) is 14.4 Å². The highest BCUT2D eigenvalue weighted by molar-refractivity contribution is 6.35. The summed E-state index contributed by atoms with van der Waals surface area (Å²) < 4.78 is 4.43. The number of aromatic amines is 1. The number of hydrogen-bond acceptors (Lipinski definition) is 6. The maximum Gasteiger partial charge on any atom is 0.382 e. The number of H-pyrrole nitrogens is 1. The second-order valence-electron chi connectivity index (χ2n) is 4.60. The Morgan fingerprint density at radius 2 is 2.11 bits per heavy atom. The molecule has 1 rings (SSSR count). The third-order valence-electron chi connectivity index (χ3n) is 2.30. The van der Waals surface area contributed by atoms with Crippen molar-refractivity contribution in [3.05, 3.63) is 18.2 Å². The Kier molecular flexibility index (Phi) is 5.37. The molecular formula is C12H17N3O4. The molecule has 0 saturated carbocycles. The second kappa shape index (κ2) is 6.79. The third kappa shape index (κ3) is 5.01. The van der Waals surface area contributed by atoms with Crippen molar-refractivity contribution in [2.75, 3.05) is 0 Å². The average molecular weight is 267 g/mol. The van der Waals surface area contributed by atoms with Crippen LogP contribution in [0.4, 0.5) is 0 Å². The molecule has 0 amide bonds. The lowest BCUT2D eigenvalue weighted by Gasteiger charge is -2.09. The molecule has 7 nitrogen and oxygen atoms in total. The number of carbonyl (C=O) groups excluding carboxylic acids is 3. The quantitative estimate of drug-likeness (QED) is 0.424. The number of Topliss-reactive ketones (excluding diaryl/α,β-unsaturated/α-hetero) is 1. The smallest absolute Gasteiger partial charge is 0.382 e. The van der Waals surface area contributed by atoms with Gasteiger partial charge in [-0.1, -0.05) is 13.8 Å². The van der Waals surface area contributed by atoms with Gasteiger partial charge >= 0.3 is 11.9 Å². The Labute approximate surface area is 110 Å². The van der Waals surface area contributed by atoms with Crippen molar-refractivity contribution in [1.29, 1.82) is 0 Å². The van der Waals surface area contributed by atoms with Gasteiger partial charge in [-0.05, 0) is 5.92 Å². The fourth-order valence-corrected chi connectivity index (χ4v) is 1.39. The molecule has 0 saturated heterocycles. The average Bonchev–Trinajstić information content (AvgIpc) is 2.80. The summed E-state index contributed by atoms with van der Waals surface area (Å²) in [7, 11) is 0. The van der Waals surface area contributed by atoms with Gasteiger partial charge in [0.05, 0.1) is 12.0 Å². The molecule has 1 atom stereocenters. The fourth-order valence-electron chi connectivity index (χ4n) is 1.39. The zero-order valence-electron chi connectivity index (χ0n) is 10.9. The van der Waals surface area contributed by atoms with Crippen LogP contribution in [0.5, 0.6) is 0 Å². The Balaban J connectivity index is 2.45. The summed E-state index contributed by atoms with van der Waals surface area (Å²) in [6, 6.07) is -1.03. The summed E-state index contributed by atoms with van der Waals surface area (Å²) in [5, 5.41) is 0. The first-order chi connectivity index (χ1) is 8.90. The molecule has 1 heterocycles. The van der Waals surface area contributed by atoms with Crippen LogP contribution in [0, 0.1) is 5.92 Å². The van der Waals surface area contributed by atoms with E-state index in [0.717, 1.165) is 0 Å². The number of rotatable bonds is 6. The monoisotopic (exact) mass is 267 g/mol. The molecule has 104 valence electrons. The summed E-state index contributed by atoms with van der Waals surface area (Å²) in [4.78, 5) is 40.8. The van der Waals surface area contributed by atoms with Crippen molar-refractivity contribution in [3.63, 3.8) is 0 Å². The molecule has 0 spiro atoms. The van der Waals surface area contributed by atoms with Crippen molar-refractivity contribution in [2.24, 2.45) is 11.7 Å². The fraction of sp³-hybridized carbons (Fsp3) is 0.500. The molecule has 19 heavy (non-hydrogen) atoms. The van der Waals surface area contributed by atoms with Crippen LogP contribution in [0.3, 0.4) is 0 Å². The van der Waals surface area contributed by atoms with Gasteiger partial charge in [-0.3, -0.25) is 4.79 Å². The maximum absolute atomic E-state index is 11.5. The number of nitrogens with one attached hydrogen (secondary N) is 1. The molecule has 0 bridgehead atoms. The largest absolute Gasteiger partial charge is 0.386 e. The lowest BCUT2D eigenvalue weighted by Crippen LogP contribution is -2.37. The Hall–Kier alpha value is -2.02. The van der Waals surface area contributed by atoms with E-state index < -0.39 is 23.8 Å². The Morgan fingerprint density at radius 1 is 1.42 bits per heavy atom. The van der Waals surface area contributed by atoms with Crippen LogP contribution in [-0.2, 0) is 25.5 Å². The molecule has 0 fully saturated rings. The van der Waals surface area contributed by atoms with Gasteiger partial charge in [0, 0.05) is 19.0 Å². The van der Waals surface area contributed by atoms with Crippen LogP contribution in [0.1, 0.15) is 26.0 Å². The van der Waals surface area contributed by atoms with Crippen molar-refractivity contribution in [2.45, 2.75) is 32.7 Å². The van der Waals surface area contributed by atoms with Gasteiger partial charge in [-0.25, -0.2) is 14.6 Å². The highest BCUT2D eigenvalue weighted by atomic mass is 16.6. The predicted octanol–water partition coefficient (Wildman–Crippen LogP) is -0.0355. The van der Waals surface area contributed by atoms with Gasteiger partial charge < -0.3 is 15.5 Å². The SMILES string of the molecule is CC(C)CC(=O)C(=O)OC(=O)[C@@H](N)Cc1c[nH]cn1. The second-order valence-corrected chi connectivity index (χ2v) is 4.60. The normalized spacial score (nSPS) is 12.2. The molecule has 0 aliphatic carbocycles. The highest BCUT2D eigenvalue weighted by Gasteiger charge is 2.24. The van der Waals surface area contributed by atoms with Crippen molar-refractivity contribution < 1.29 is 19.1 Å². The summed E-state index contributed by atoms with van der Waals surface area (Å²) in [5.74, 6) is -2.79. The number of aromatic nitrogens is 2. The zero-order chi connectivity index (χ0) is 14.4. The van der Waals surface area contributed by atoms with Gasteiger partial charge in [0.15, 0.2) is 0 Å². The molecule has 0 aromatic carbocycles. The van der Waals surface area contributed by atoms with E-state index in [4.69, 9.17) is 5.73 Å². The summed E-state index contributed by atoms with van der Waals surface area (Å²) in [5.41, 5.74) is 6.14. The van der Waals surface area contributed by atoms with Crippen molar-refractivity contribution >= 4 is 17.7 Å². The van der Waals surface area contributed by atoms with Crippen LogP contribution in [-0.4, -0.2) is 33.7 Å². The first kappa shape index (κ1) is 15.0. The van der Waals surface area contributed by atoms with Gasteiger partial charge in [0.2, 0.25) is 5.78 Å². The van der Waals surface area contributed by atoms with E-state index >= 15 is 0 Å². The van der Waals surface area contributed by atoms with Crippen LogP contribution in [0.25, 0.3) is 0 Å². The molecule has 3 N–H and O–H groups in total. The van der Waals surface area contributed by atoms with Crippen LogP contribution in [0.15, 0.2) is 12.5 Å². The molecular weight excluding hydrogens is 250 g/mol. The topological polar surface area (TPSA) is 115 Å². The first-order valence-corrected chi connectivity index (χ1v) is 5.92. The van der Waals surface area contributed by atoms with Crippen LogP contribution in [0.2, 0.25) is 0 Å². The Morgan fingerprint density at radius 3 is 2.63 bits per heavy atom. The van der Waals surface area contributed by atoms with E-state index in [-0.39, 0.29) is 18.8 Å². The minimum Gasteiger partial charge on any atom is -0.386 e. The van der Waals surface area contributed by atoms with E-state index in [1.54, 1.807) is 20.0 Å². The minimum absolute atomic E-state index is 0.0212. The number of esters is 2. The molecule has 7 heteroatoms. The molecule has 0 unspecified atom stereocenters. The lowest BCUT2D eigenvalue weighted by molar-refractivity contribution is -0.165. The molecule has 0 aliphatic rings. The lowest BCUT2D eigenvalue weighted by atomic mass is 10.1. The highest BCUT2D eigenvalue weighted by Crippen LogP contribution is 2.03. The van der Waals surface area contributed by atoms with Gasteiger partial charge in [-0.15, -0.1) is 0 Å². The number of nitrogens with zero attached hydrogens (tertiary/aromatic N) is 1. The summed E-state index contributed by atoms with van der Waals surface area (Å²) >= 11 is 0. The summed E-state index contributed by atoms with van der Waals surface area (Å²) in [6.07, 6.45) is 3.21. The zero-order valence-corrected chi connectivity index (χ0v) is 10.9. The van der Waals surface area contributed by atoms with E-state index in [0.29, 0.717) is 5.69 Å². The van der Waals surface area contributed by atoms with E-state index in [1.807, 2.05) is 0 Å². The number of imidazole rings is 1. The molecule has 1 aromatic rings. The third-order valence-corrected chi connectivity index (χ3v) is 2.30. The minimum atomic E-state index is -1.16. The van der Waals surface area contributed by atoms with Gasteiger partial charge in [-0.2, -0.15) is 0 Å². The molecule has 0 aliphatic heterocycles. The van der Waals surface area contributed by atoms with E-state index in [2.05, 4.69) is 14.7 Å². The number of hydrogen-bond donors (Lipinski definition) is 2. The number of carbonyl (C=O) groups is 3.